The smallest absolute Gasteiger partial charge is 0.243 e. The van der Waals surface area contributed by atoms with Crippen LogP contribution in [0, 0.1) is 6.92 Å². The van der Waals surface area contributed by atoms with Crippen molar-refractivity contribution in [2.45, 2.75) is 18.4 Å². The molecule has 3 N–H and O–H groups in total. The van der Waals surface area contributed by atoms with Gasteiger partial charge in [0.05, 0.1) is 18.4 Å². The molecule has 102 valence electrons. The number of anilines is 1. The number of nitrogens with one attached hydrogen (secondary N) is 1. The van der Waals surface area contributed by atoms with Crippen LogP contribution in [0.2, 0.25) is 5.02 Å². The standard InChI is InChI=1S/C11H12ClN3O3S/c1-7-5-14-11(18-7)6-15-19(16,17)10-4-8(12)2-3-9(10)13/h2-5,15H,6,13H2,1H3. The van der Waals surface area contributed by atoms with Crippen molar-refractivity contribution in [1.82, 2.24) is 9.71 Å². The lowest BCUT2D eigenvalue weighted by atomic mass is 10.3. The first-order valence-electron chi connectivity index (χ1n) is 5.34. The quantitative estimate of drug-likeness (QED) is 0.837. The van der Waals surface area contributed by atoms with Crippen molar-refractivity contribution < 1.29 is 12.8 Å². The molecular formula is C11H12ClN3O3S. The first kappa shape index (κ1) is 13.9. The molecule has 0 atom stereocenters. The van der Waals surface area contributed by atoms with E-state index in [9.17, 15) is 8.42 Å². The van der Waals surface area contributed by atoms with Gasteiger partial charge in [0.15, 0.2) is 0 Å². The fraction of sp³-hybridized carbons (Fsp3) is 0.182. The first-order chi connectivity index (χ1) is 8.88. The van der Waals surface area contributed by atoms with Gasteiger partial charge < -0.3 is 10.2 Å². The molecule has 2 rings (SSSR count). The summed E-state index contributed by atoms with van der Waals surface area (Å²) >= 11 is 5.76. The van der Waals surface area contributed by atoms with E-state index in [1.165, 1.54) is 24.4 Å². The fourth-order valence-corrected chi connectivity index (χ4v) is 2.82. The molecule has 0 spiro atoms. The second-order valence-electron chi connectivity index (χ2n) is 3.87. The summed E-state index contributed by atoms with van der Waals surface area (Å²) in [5, 5.41) is 0.293. The van der Waals surface area contributed by atoms with Crippen LogP contribution in [0.5, 0.6) is 0 Å². The number of nitrogens with two attached hydrogens (primary N) is 1. The van der Waals surface area contributed by atoms with Crippen LogP contribution in [0.15, 0.2) is 33.7 Å². The zero-order valence-corrected chi connectivity index (χ0v) is 11.6. The number of halogens is 1. The Labute approximate surface area is 115 Å². The third kappa shape index (κ3) is 3.25. The molecule has 0 aliphatic heterocycles. The number of rotatable bonds is 4. The first-order valence-corrected chi connectivity index (χ1v) is 7.20. The minimum absolute atomic E-state index is 0.0534. The van der Waals surface area contributed by atoms with E-state index >= 15 is 0 Å². The molecule has 0 amide bonds. The summed E-state index contributed by atoms with van der Waals surface area (Å²) in [6.45, 7) is 1.67. The van der Waals surface area contributed by atoms with Crippen LogP contribution >= 0.6 is 11.6 Å². The normalized spacial score (nSPS) is 11.7. The number of aryl methyl sites for hydroxylation is 1. The second-order valence-corrected chi connectivity index (χ2v) is 6.04. The Morgan fingerprint density at radius 1 is 1.47 bits per heavy atom. The summed E-state index contributed by atoms with van der Waals surface area (Å²) in [5.41, 5.74) is 5.76. The summed E-state index contributed by atoms with van der Waals surface area (Å²) in [6.07, 6.45) is 1.51. The Bertz CT molecular complexity index is 697. The zero-order valence-electron chi connectivity index (χ0n) is 10.1. The van der Waals surface area contributed by atoms with Gasteiger partial charge in [-0.2, -0.15) is 0 Å². The van der Waals surface area contributed by atoms with Crippen molar-refractivity contribution in [2.24, 2.45) is 0 Å². The van der Waals surface area contributed by atoms with E-state index in [1.807, 2.05) is 0 Å². The van der Waals surface area contributed by atoms with Gasteiger partial charge in [-0.05, 0) is 25.1 Å². The number of nitrogen functional groups attached to an aromatic ring is 1. The van der Waals surface area contributed by atoms with E-state index in [0.717, 1.165) is 0 Å². The molecule has 0 aliphatic rings. The number of hydrogen-bond donors (Lipinski definition) is 2. The molecule has 1 heterocycles. The predicted octanol–water partition coefficient (Wildman–Crippen LogP) is 1.70. The highest BCUT2D eigenvalue weighted by molar-refractivity contribution is 7.89. The van der Waals surface area contributed by atoms with Crippen molar-refractivity contribution >= 4 is 27.3 Å². The molecule has 0 aliphatic carbocycles. The topological polar surface area (TPSA) is 98.2 Å². The Morgan fingerprint density at radius 2 is 2.21 bits per heavy atom. The van der Waals surface area contributed by atoms with E-state index in [0.29, 0.717) is 10.8 Å². The van der Waals surface area contributed by atoms with Crippen LogP contribution in [0.4, 0.5) is 5.69 Å². The molecule has 0 radical (unpaired) electrons. The van der Waals surface area contributed by atoms with Crippen molar-refractivity contribution in [3.8, 4) is 0 Å². The predicted molar refractivity (Wildman–Crippen MR) is 71.1 cm³/mol. The highest BCUT2D eigenvalue weighted by Gasteiger charge is 2.18. The van der Waals surface area contributed by atoms with Crippen LogP contribution in [-0.4, -0.2) is 13.4 Å². The van der Waals surface area contributed by atoms with Crippen molar-refractivity contribution in [3.05, 3.63) is 41.1 Å². The van der Waals surface area contributed by atoms with Gasteiger partial charge >= 0.3 is 0 Å². The number of hydrogen-bond acceptors (Lipinski definition) is 5. The molecule has 0 bridgehead atoms. The molecule has 2 aromatic rings. The van der Waals surface area contributed by atoms with E-state index < -0.39 is 10.0 Å². The largest absolute Gasteiger partial charge is 0.445 e. The van der Waals surface area contributed by atoms with E-state index in [-0.39, 0.29) is 23.0 Å². The van der Waals surface area contributed by atoms with Gasteiger partial charge in [-0.25, -0.2) is 18.1 Å². The highest BCUT2D eigenvalue weighted by Crippen LogP contribution is 2.22. The number of oxazole rings is 1. The summed E-state index contributed by atoms with van der Waals surface area (Å²) < 4.78 is 31.7. The lowest BCUT2D eigenvalue weighted by molar-refractivity contribution is 0.463. The third-order valence-corrected chi connectivity index (χ3v) is 4.04. The molecule has 0 fully saturated rings. The Kier molecular flexibility index (Phi) is 3.79. The fourth-order valence-electron chi connectivity index (χ4n) is 1.46. The van der Waals surface area contributed by atoms with Crippen LogP contribution < -0.4 is 10.5 Å². The Balaban J connectivity index is 2.20. The van der Waals surface area contributed by atoms with Crippen LogP contribution in [0.1, 0.15) is 11.7 Å². The number of benzene rings is 1. The average molecular weight is 302 g/mol. The maximum Gasteiger partial charge on any atom is 0.243 e. The molecule has 8 heteroatoms. The highest BCUT2D eigenvalue weighted by atomic mass is 35.5. The summed E-state index contributed by atoms with van der Waals surface area (Å²) in [6, 6.07) is 4.25. The summed E-state index contributed by atoms with van der Waals surface area (Å²) in [7, 11) is -3.76. The van der Waals surface area contributed by atoms with Crippen LogP contribution in [0.25, 0.3) is 0 Å². The number of sulfonamides is 1. The maximum absolute atomic E-state index is 12.1. The van der Waals surface area contributed by atoms with Gasteiger partial charge in [-0.3, -0.25) is 0 Å². The molecule has 1 aromatic heterocycles. The minimum Gasteiger partial charge on any atom is -0.445 e. The lowest BCUT2D eigenvalue weighted by Crippen LogP contribution is -2.24. The molecular weight excluding hydrogens is 290 g/mol. The minimum atomic E-state index is -3.76. The second kappa shape index (κ2) is 5.20. The average Bonchev–Trinajstić information content (AvgIpc) is 2.76. The summed E-state index contributed by atoms with van der Waals surface area (Å²) in [4.78, 5) is 3.84. The zero-order chi connectivity index (χ0) is 14.0. The van der Waals surface area contributed by atoms with Gasteiger partial charge in [0.2, 0.25) is 15.9 Å². The Hall–Kier alpha value is -1.57. The summed E-state index contributed by atoms with van der Waals surface area (Å²) in [5.74, 6) is 0.887. The van der Waals surface area contributed by atoms with Crippen LogP contribution in [0.3, 0.4) is 0 Å². The van der Waals surface area contributed by atoms with E-state index in [4.69, 9.17) is 21.8 Å². The monoisotopic (exact) mass is 301 g/mol. The lowest BCUT2D eigenvalue weighted by Gasteiger charge is -2.08. The van der Waals surface area contributed by atoms with Crippen molar-refractivity contribution in [1.29, 1.82) is 0 Å². The van der Waals surface area contributed by atoms with E-state index in [2.05, 4.69) is 9.71 Å². The number of aromatic nitrogens is 1. The van der Waals surface area contributed by atoms with Gasteiger partial charge in [-0.15, -0.1) is 0 Å². The van der Waals surface area contributed by atoms with Gasteiger partial charge in [0.25, 0.3) is 0 Å². The third-order valence-electron chi connectivity index (χ3n) is 2.35. The molecule has 0 unspecified atom stereocenters. The van der Waals surface area contributed by atoms with Crippen molar-refractivity contribution in [2.75, 3.05) is 5.73 Å². The number of nitrogens with zero attached hydrogens (tertiary/aromatic N) is 1. The molecule has 0 saturated heterocycles. The van der Waals surface area contributed by atoms with Gasteiger partial charge in [-0.1, -0.05) is 11.6 Å². The maximum atomic E-state index is 12.1. The molecule has 6 nitrogen and oxygen atoms in total. The van der Waals surface area contributed by atoms with Gasteiger partial charge in [0.1, 0.15) is 10.7 Å². The molecule has 19 heavy (non-hydrogen) atoms. The van der Waals surface area contributed by atoms with Crippen LogP contribution in [-0.2, 0) is 16.6 Å². The Morgan fingerprint density at radius 3 is 2.84 bits per heavy atom. The molecule has 0 saturated carbocycles. The SMILES string of the molecule is Cc1cnc(CNS(=O)(=O)c2cc(Cl)ccc2N)o1. The molecule has 1 aromatic carbocycles. The van der Waals surface area contributed by atoms with Gasteiger partial charge in [0, 0.05) is 5.02 Å². The van der Waals surface area contributed by atoms with Crippen molar-refractivity contribution in [3.63, 3.8) is 0 Å². The van der Waals surface area contributed by atoms with E-state index in [1.54, 1.807) is 6.92 Å².